The molecule has 1 fully saturated rings. The third-order valence-corrected chi connectivity index (χ3v) is 6.92. The lowest BCUT2D eigenvalue weighted by Crippen LogP contribution is -2.29. The summed E-state index contributed by atoms with van der Waals surface area (Å²) in [5.41, 5.74) is 3.14. The summed E-state index contributed by atoms with van der Waals surface area (Å²) in [5, 5.41) is 11.2. The van der Waals surface area contributed by atoms with E-state index in [0.29, 0.717) is 16.8 Å². The second-order valence-corrected chi connectivity index (χ2v) is 10.3. The highest BCUT2D eigenvalue weighted by atomic mass is 79.9. The Bertz CT molecular complexity index is 1320. The molecule has 3 aromatic carbocycles. The number of carbonyl (C=O) groups is 2. The Hall–Kier alpha value is -3.25. The second-order valence-electron chi connectivity index (χ2n) is 9.48. The molecule has 1 aliphatic heterocycles. The van der Waals surface area contributed by atoms with Crippen molar-refractivity contribution in [3.05, 3.63) is 105 Å². The summed E-state index contributed by atoms with van der Waals surface area (Å²) in [6, 6.07) is 17.3. The number of rotatable bonds is 3. The highest BCUT2D eigenvalue weighted by Crippen LogP contribution is 2.43. The molecule has 1 unspecified atom stereocenters. The van der Waals surface area contributed by atoms with Crippen molar-refractivity contribution in [2.24, 2.45) is 0 Å². The molecule has 1 saturated heterocycles. The highest BCUT2D eigenvalue weighted by Gasteiger charge is 2.47. The molecular formula is C28H25BrFNO3. The van der Waals surface area contributed by atoms with Gasteiger partial charge in [-0.1, -0.05) is 79.2 Å². The predicted molar refractivity (Wildman–Crippen MR) is 135 cm³/mol. The number of Topliss-reactive ketones (excluding diaryl/α,β-unsaturated/α-hetero) is 1. The quantitative estimate of drug-likeness (QED) is 0.233. The van der Waals surface area contributed by atoms with E-state index in [9.17, 15) is 19.1 Å². The lowest BCUT2D eigenvalue weighted by molar-refractivity contribution is -0.132. The molecule has 0 saturated carbocycles. The molecule has 1 N–H and O–H groups in total. The number of aliphatic hydroxyl groups is 1. The van der Waals surface area contributed by atoms with Gasteiger partial charge in [0, 0.05) is 15.7 Å². The van der Waals surface area contributed by atoms with Crippen molar-refractivity contribution in [1.82, 2.24) is 0 Å². The minimum Gasteiger partial charge on any atom is -0.507 e. The van der Waals surface area contributed by atoms with Crippen molar-refractivity contribution >= 4 is 39.1 Å². The van der Waals surface area contributed by atoms with Gasteiger partial charge in [-0.3, -0.25) is 14.5 Å². The van der Waals surface area contributed by atoms with Crippen LogP contribution in [0.3, 0.4) is 0 Å². The van der Waals surface area contributed by atoms with Crippen LogP contribution in [-0.2, 0) is 15.0 Å². The van der Waals surface area contributed by atoms with Crippen LogP contribution in [0.25, 0.3) is 5.76 Å². The lowest BCUT2D eigenvalue weighted by Gasteiger charge is -2.26. The molecule has 174 valence electrons. The molecular weight excluding hydrogens is 497 g/mol. The largest absolute Gasteiger partial charge is 0.507 e. The predicted octanol–water partition coefficient (Wildman–Crippen LogP) is 6.82. The zero-order chi connectivity index (χ0) is 24.8. The van der Waals surface area contributed by atoms with Crippen molar-refractivity contribution in [2.75, 3.05) is 4.90 Å². The molecule has 4 rings (SSSR count). The Labute approximate surface area is 206 Å². The maximum atomic E-state index is 14.2. The number of halogens is 2. The first kappa shape index (κ1) is 23.9. The van der Waals surface area contributed by atoms with E-state index < -0.39 is 23.5 Å². The van der Waals surface area contributed by atoms with Gasteiger partial charge in [-0.2, -0.15) is 0 Å². The Morgan fingerprint density at radius 1 is 1.00 bits per heavy atom. The third kappa shape index (κ3) is 4.30. The topological polar surface area (TPSA) is 57.6 Å². The minimum atomic E-state index is -0.979. The van der Waals surface area contributed by atoms with E-state index in [1.807, 2.05) is 25.1 Å². The van der Waals surface area contributed by atoms with Gasteiger partial charge in [0.15, 0.2) is 0 Å². The molecule has 4 nitrogen and oxygen atoms in total. The highest BCUT2D eigenvalue weighted by molar-refractivity contribution is 9.10. The van der Waals surface area contributed by atoms with Gasteiger partial charge in [0.2, 0.25) is 0 Å². The van der Waals surface area contributed by atoms with E-state index in [1.54, 1.807) is 30.3 Å². The van der Waals surface area contributed by atoms with E-state index in [1.165, 1.54) is 23.1 Å². The van der Waals surface area contributed by atoms with Crippen LogP contribution in [0.1, 0.15) is 49.1 Å². The normalized spacial score (nSPS) is 17.9. The zero-order valence-corrected chi connectivity index (χ0v) is 21.0. The van der Waals surface area contributed by atoms with Crippen molar-refractivity contribution in [2.45, 2.75) is 39.2 Å². The third-order valence-electron chi connectivity index (χ3n) is 6.07. The van der Waals surface area contributed by atoms with Crippen LogP contribution >= 0.6 is 15.9 Å². The van der Waals surface area contributed by atoms with Crippen LogP contribution in [0.2, 0.25) is 0 Å². The van der Waals surface area contributed by atoms with E-state index in [0.717, 1.165) is 15.6 Å². The molecule has 0 spiro atoms. The molecule has 1 atom stereocenters. The second kappa shape index (κ2) is 8.84. The molecule has 1 aliphatic rings. The Balaban J connectivity index is 1.92. The smallest absolute Gasteiger partial charge is 0.300 e. The molecule has 0 aliphatic carbocycles. The van der Waals surface area contributed by atoms with Gasteiger partial charge in [0.05, 0.1) is 11.6 Å². The average Bonchev–Trinajstić information content (AvgIpc) is 3.05. The van der Waals surface area contributed by atoms with Crippen molar-refractivity contribution < 1.29 is 19.1 Å². The number of aliphatic hydroxyl groups excluding tert-OH is 1. The van der Waals surface area contributed by atoms with Gasteiger partial charge in [-0.05, 0) is 53.3 Å². The number of amides is 1. The summed E-state index contributed by atoms with van der Waals surface area (Å²) in [5.74, 6) is -2.38. The van der Waals surface area contributed by atoms with Gasteiger partial charge in [-0.15, -0.1) is 0 Å². The van der Waals surface area contributed by atoms with E-state index in [-0.39, 0.29) is 16.7 Å². The summed E-state index contributed by atoms with van der Waals surface area (Å²) in [6.45, 7) is 8.15. The fraction of sp³-hybridized carbons (Fsp3) is 0.214. The number of carbonyl (C=O) groups excluding carboxylic acids is 2. The minimum absolute atomic E-state index is 0.0733. The first-order valence-corrected chi connectivity index (χ1v) is 11.7. The van der Waals surface area contributed by atoms with E-state index in [2.05, 4.69) is 36.7 Å². The molecule has 1 heterocycles. The van der Waals surface area contributed by atoms with E-state index >= 15 is 0 Å². The molecule has 0 radical (unpaired) electrons. The molecule has 0 aromatic heterocycles. The fourth-order valence-electron chi connectivity index (χ4n) is 4.11. The van der Waals surface area contributed by atoms with Crippen LogP contribution in [0, 0.1) is 12.7 Å². The summed E-state index contributed by atoms with van der Waals surface area (Å²) in [7, 11) is 0. The number of nitrogens with zero attached hydrogens (tertiary/aromatic N) is 1. The summed E-state index contributed by atoms with van der Waals surface area (Å²) in [6.07, 6.45) is 0. The number of ketones is 1. The first-order valence-electron chi connectivity index (χ1n) is 10.9. The number of hydrogen-bond donors (Lipinski definition) is 1. The Morgan fingerprint density at radius 2 is 1.68 bits per heavy atom. The molecule has 0 bridgehead atoms. The van der Waals surface area contributed by atoms with Gasteiger partial charge >= 0.3 is 0 Å². The zero-order valence-electron chi connectivity index (χ0n) is 19.4. The van der Waals surface area contributed by atoms with Crippen LogP contribution < -0.4 is 4.90 Å². The number of aryl methyl sites for hydroxylation is 1. The standard InChI is InChI=1S/C28H25BrFNO3/c1-16-8-13-21(15-22(16)29)31-24(18-6-5-7-20(30)14-18)23(26(33)27(31)34)25(32)17-9-11-19(12-10-17)28(2,3)4/h5-15,24,32H,1-4H3/b25-23+. The van der Waals surface area contributed by atoms with Crippen LogP contribution in [0.5, 0.6) is 0 Å². The monoisotopic (exact) mass is 521 g/mol. The SMILES string of the molecule is Cc1ccc(N2C(=O)C(=O)/C(=C(/O)c3ccc(C(C)(C)C)cc3)C2c2cccc(F)c2)cc1Br. The van der Waals surface area contributed by atoms with Gasteiger partial charge < -0.3 is 5.11 Å². The Kier molecular flexibility index (Phi) is 6.21. The average molecular weight is 522 g/mol. The summed E-state index contributed by atoms with van der Waals surface area (Å²) >= 11 is 3.48. The number of benzene rings is 3. The molecule has 34 heavy (non-hydrogen) atoms. The number of anilines is 1. The first-order chi connectivity index (χ1) is 16.0. The molecule has 6 heteroatoms. The van der Waals surface area contributed by atoms with Crippen LogP contribution in [-0.4, -0.2) is 16.8 Å². The van der Waals surface area contributed by atoms with Crippen molar-refractivity contribution in [3.63, 3.8) is 0 Å². The van der Waals surface area contributed by atoms with Crippen LogP contribution in [0.4, 0.5) is 10.1 Å². The summed E-state index contributed by atoms with van der Waals surface area (Å²) in [4.78, 5) is 27.8. The maximum Gasteiger partial charge on any atom is 0.300 e. The van der Waals surface area contributed by atoms with Gasteiger partial charge in [0.1, 0.15) is 11.6 Å². The molecule has 3 aromatic rings. The lowest BCUT2D eigenvalue weighted by atomic mass is 9.86. The van der Waals surface area contributed by atoms with Gasteiger partial charge in [-0.25, -0.2) is 4.39 Å². The van der Waals surface area contributed by atoms with E-state index in [4.69, 9.17) is 0 Å². The van der Waals surface area contributed by atoms with Crippen molar-refractivity contribution in [3.8, 4) is 0 Å². The molecule has 1 amide bonds. The number of hydrogen-bond acceptors (Lipinski definition) is 3. The fourth-order valence-corrected chi connectivity index (χ4v) is 4.47. The Morgan fingerprint density at radius 3 is 2.26 bits per heavy atom. The maximum absolute atomic E-state index is 14.2. The van der Waals surface area contributed by atoms with Crippen LogP contribution in [0.15, 0.2) is 76.8 Å². The summed E-state index contributed by atoms with van der Waals surface area (Å²) < 4.78 is 15.0. The van der Waals surface area contributed by atoms with Crippen molar-refractivity contribution in [1.29, 1.82) is 0 Å². The van der Waals surface area contributed by atoms with Gasteiger partial charge in [0.25, 0.3) is 11.7 Å².